The minimum absolute atomic E-state index is 0.664. The molecule has 0 atom stereocenters. The van der Waals surface area contributed by atoms with E-state index in [1.165, 1.54) is 5.56 Å². The Hall–Kier alpha value is -1.84. The van der Waals surface area contributed by atoms with Crippen LogP contribution in [-0.2, 0) is 0 Å². The second-order valence-corrected chi connectivity index (χ2v) is 3.79. The number of hydrogen-bond donors (Lipinski definition) is 2. The molecule has 0 saturated carbocycles. The number of anilines is 1. The highest BCUT2D eigenvalue weighted by Gasteiger charge is 2.09. The summed E-state index contributed by atoms with van der Waals surface area (Å²) in [6, 6.07) is 4.06. The molecule has 1 aromatic heterocycles. The van der Waals surface area contributed by atoms with Gasteiger partial charge in [-0.15, -0.1) is 0 Å². The summed E-state index contributed by atoms with van der Waals surface area (Å²) in [5, 5.41) is 6.93. The molecule has 0 aliphatic heterocycles. The number of nitrogen functional groups attached to an aromatic ring is 1. The molecule has 0 radical (unpaired) electrons. The van der Waals surface area contributed by atoms with Crippen molar-refractivity contribution in [1.82, 2.24) is 15.2 Å². The topological polar surface area (TPSA) is 67.6 Å². The summed E-state index contributed by atoms with van der Waals surface area (Å²) in [5.74, 6) is 1.46. The molecule has 0 fully saturated rings. The number of rotatable bonds is 1. The summed E-state index contributed by atoms with van der Waals surface area (Å²) in [6.45, 7) is 5.90. The molecule has 2 rings (SSSR count). The van der Waals surface area contributed by atoms with E-state index in [-0.39, 0.29) is 0 Å². The molecule has 3 N–H and O–H groups in total. The molecule has 0 aliphatic carbocycles. The molecular formula is C11H14N4. The largest absolute Gasteiger partial charge is 0.398 e. The van der Waals surface area contributed by atoms with Crippen LogP contribution in [0, 0.1) is 20.8 Å². The summed E-state index contributed by atoms with van der Waals surface area (Å²) in [5.41, 5.74) is 9.88. The Morgan fingerprint density at radius 2 is 1.93 bits per heavy atom. The molecule has 0 saturated heterocycles. The van der Waals surface area contributed by atoms with E-state index >= 15 is 0 Å². The zero-order valence-corrected chi connectivity index (χ0v) is 9.13. The lowest BCUT2D eigenvalue weighted by Gasteiger charge is -2.06. The van der Waals surface area contributed by atoms with E-state index in [0.717, 1.165) is 22.6 Å². The molecule has 0 spiro atoms. The highest BCUT2D eigenvalue weighted by molar-refractivity contribution is 5.74. The Morgan fingerprint density at radius 3 is 2.53 bits per heavy atom. The Kier molecular flexibility index (Phi) is 2.19. The SMILES string of the molecule is Cc1cc(C)c(N)c(-c2n[nH]c(C)n2)c1. The van der Waals surface area contributed by atoms with Crippen LogP contribution in [0.5, 0.6) is 0 Å². The van der Waals surface area contributed by atoms with Crippen LogP contribution in [0.3, 0.4) is 0 Å². The van der Waals surface area contributed by atoms with Crippen molar-refractivity contribution in [2.45, 2.75) is 20.8 Å². The first-order valence-corrected chi connectivity index (χ1v) is 4.84. The van der Waals surface area contributed by atoms with Crippen molar-refractivity contribution in [2.75, 3.05) is 5.73 Å². The summed E-state index contributed by atoms with van der Waals surface area (Å²) >= 11 is 0. The van der Waals surface area contributed by atoms with E-state index in [2.05, 4.69) is 21.2 Å². The maximum atomic E-state index is 6.00. The first-order chi connectivity index (χ1) is 7.08. The standard InChI is InChI=1S/C11H14N4/c1-6-4-7(2)10(12)9(5-6)11-13-8(3)14-15-11/h4-5H,12H2,1-3H3,(H,13,14,15). The lowest BCUT2D eigenvalue weighted by atomic mass is 10.0. The van der Waals surface area contributed by atoms with Crippen LogP contribution >= 0.6 is 0 Å². The van der Waals surface area contributed by atoms with Gasteiger partial charge in [0.25, 0.3) is 0 Å². The van der Waals surface area contributed by atoms with E-state index in [0.29, 0.717) is 5.82 Å². The first-order valence-electron chi connectivity index (χ1n) is 4.84. The number of nitrogens with zero attached hydrogens (tertiary/aromatic N) is 2. The van der Waals surface area contributed by atoms with E-state index in [9.17, 15) is 0 Å². The third kappa shape index (κ3) is 1.70. The highest BCUT2D eigenvalue weighted by atomic mass is 15.2. The zero-order valence-electron chi connectivity index (χ0n) is 9.13. The van der Waals surface area contributed by atoms with Crippen molar-refractivity contribution in [1.29, 1.82) is 0 Å². The van der Waals surface area contributed by atoms with Crippen molar-refractivity contribution in [2.24, 2.45) is 0 Å². The number of benzene rings is 1. The molecule has 4 nitrogen and oxygen atoms in total. The van der Waals surface area contributed by atoms with Gasteiger partial charge in [0, 0.05) is 11.3 Å². The molecule has 1 heterocycles. The summed E-state index contributed by atoms with van der Waals surface area (Å²) in [7, 11) is 0. The van der Waals surface area contributed by atoms with Crippen molar-refractivity contribution >= 4 is 5.69 Å². The average Bonchev–Trinajstić information content (AvgIpc) is 2.58. The first kappa shape index (κ1) is 9.71. The average molecular weight is 202 g/mol. The quantitative estimate of drug-likeness (QED) is 0.695. The molecule has 15 heavy (non-hydrogen) atoms. The van der Waals surface area contributed by atoms with Crippen LogP contribution in [0.25, 0.3) is 11.4 Å². The van der Waals surface area contributed by atoms with Gasteiger partial charge >= 0.3 is 0 Å². The van der Waals surface area contributed by atoms with E-state index in [4.69, 9.17) is 5.73 Å². The van der Waals surface area contributed by atoms with Gasteiger partial charge in [0.2, 0.25) is 0 Å². The van der Waals surface area contributed by atoms with Gasteiger partial charge in [0.05, 0.1) is 0 Å². The Bertz CT molecular complexity index is 499. The van der Waals surface area contributed by atoms with Crippen molar-refractivity contribution in [3.63, 3.8) is 0 Å². The Labute approximate surface area is 88.5 Å². The molecule has 78 valence electrons. The molecule has 1 aromatic carbocycles. The number of hydrogen-bond acceptors (Lipinski definition) is 3. The summed E-state index contributed by atoms with van der Waals surface area (Å²) < 4.78 is 0. The second kappa shape index (κ2) is 3.38. The van der Waals surface area contributed by atoms with Crippen LogP contribution in [-0.4, -0.2) is 15.2 Å². The van der Waals surface area contributed by atoms with Crippen LogP contribution in [0.2, 0.25) is 0 Å². The Balaban J connectivity index is 2.62. The minimum atomic E-state index is 0.664. The van der Waals surface area contributed by atoms with E-state index in [1.807, 2.05) is 26.8 Å². The molecule has 2 aromatic rings. The fourth-order valence-corrected chi connectivity index (χ4v) is 1.63. The molecule has 0 aliphatic rings. The molecular weight excluding hydrogens is 188 g/mol. The maximum absolute atomic E-state index is 6.00. The van der Waals surface area contributed by atoms with Gasteiger partial charge in [-0.25, -0.2) is 4.98 Å². The van der Waals surface area contributed by atoms with Crippen LogP contribution in [0.4, 0.5) is 5.69 Å². The number of aryl methyl sites for hydroxylation is 3. The van der Waals surface area contributed by atoms with Crippen LogP contribution in [0.15, 0.2) is 12.1 Å². The van der Waals surface area contributed by atoms with Gasteiger partial charge in [0.1, 0.15) is 5.82 Å². The molecule has 0 bridgehead atoms. The van der Waals surface area contributed by atoms with E-state index < -0.39 is 0 Å². The normalized spacial score (nSPS) is 10.6. The third-order valence-corrected chi connectivity index (χ3v) is 2.37. The molecule has 0 unspecified atom stereocenters. The number of nitrogens with one attached hydrogen (secondary N) is 1. The van der Waals surface area contributed by atoms with Crippen molar-refractivity contribution in [3.05, 3.63) is 29.1 Å². The van der Waals surface area contributed by atoms with Crippen molar-refractivity contribution in [3.8, 4) is 11.4 Å². The fraction of sp³-hybridized carbons (Fsp3) is 0.273. The van der Waals surface area contributed by atoms with Gasteiger partial charge in [-0.1, -0.05) is 6.07 Å². The summed E-state index contributed by atoms with van der Waals surface area (Å²) in [4.78, 5) is 4.28. The van der Waals surface area contributed by atoms with Crippen LogP contribution < -0.4 is 5.73 Å². The minimum Gasteiger partial charge on any atom is -0.398 e. The number of aromatic amines is 1. The lowest BCUT2D eigenvalue weighted by Crippen LogP contribution is -1.96. The van der Waals surface area contributed by atoms with Gasteiger partial charge in [-0.05, 0) is 38.0 Å². The van der Waals surface area contributed by atoms with Gasteiger partial charge < -0.3 is 5.73 Å². The highest BCUT2D eigenvalue weighted by Crippen LogP contribution is 2.27. The van der Waals surface area contributed by atoms with Gasteiger partial charge in [-0.3, -0.25) is 5.10 Å². The van der Waals surface area contributed by atoms with E-state index in [1.54, 1.807) is 0 Å². The second-order valence-electron chi connectivity index (χ2n) is 3.79. The molecule has 0 amide bonds. The number of nitrogens with two attached hydrogens (primary N) is 1. The van der Waals surface area contributed by atoms with Crippen LogP contribution in [0.1, 0.15) is 17.0 Å². The Morgan fingerprint density at radius 1 is 1.20 bits per heavy atom. The van der Waals surface area contributed by atoms with Gasteiger partial charge in [-0.2, -0.15) is 5.10 Å². The predicted octanol–water partition coefficient (Wildman–Crippen LogP) is 1.98. The number of H-pyrrole nitrogens is 1. The predicted molar refractivity (Wildman–Crippen MR) is 60.4 cm³/mol. The number of aromatic nitrogens is 3. The lowest BCUT2D eigenvalue weighted by molar-refractivity contribution is 1.04. The fourth-order valence-electron chi connectivity index (χ4n) is 1.63. The monoisotopic (exact) mass is 202 g/mol. The van der Waals surface area contributed by atoms with Gasteiger partial charge in [0.15, 0.2) is 5.82 Å². The maximum Gasteiger partial charge on any atom is 0.183 e. The third-order valence-electron chi connectivity index (χ3n) is 2.37. The zero-order chi connectivity index (χ0) is 11.0. The molecule has 4 heteroatoms. The van der Waals surface area contributed by atoms with Crippen molar-refractivity contribution < 1.29 is 0 Å². The summed E-state index contributed by atoms with van der Waals surface area (Å²) in [6.07, 6.45) is 0. The smallest absolute Gasteiger partial charge is 0.183 e.